The highest BCUT2D eigenvalue weighted by Gasteiger charge is 2.44. The van der Waals surface area contributed by atoms with E-state index in [1.807, 2.05) is 48.6 Å². The van der Waals surface area contributed by atoms with E-state index in [9.17, 15) is 13.2 Å². The van der Waals surface area contributed by atoms with Gasteiger partial charge in [0.25, 0.3) is 0 Å². The number of nitrogen functional groups attached to an aromatic ring is 1. The Morgan fingerprint density at radius 1 is 1.05 bits per heavy atom. The molecule has 202 valence electrons. The van der Waals surface area contributed by atoms with E-state index in [1.165, 1.54) is 16.2 Å². The number of allylic oxidation sites excluding steroid dienone is 3. The predicted octanol–water partition coefficient (Wildman–Crippen LogP) is 4.01. The molecule has 1 atom stereocenters. The maximum absolute atomic E-state index is 14.2. The summed E-state index contributed by atoms with van der Waals surface area (Å²) in [7, 11) is -3.85. The third kappa shape index (κ3) is 5.90. The molecule has 0 radical (unpaired) electrons. The zero-order valence-electron chi connectivity index (χ0n) is 21.6. The summed E-state index contributed by atoms with van der Waals surface area (Å²) in [6.45, 7) is 2.89. The molecule has 0 spiro atoms. The molecule has 9 heteroatoms. The molecule has 2 heterocycles. The van der Waals surface area contributed by atoms with Crippen LogP contribution in [0, 0.1) is 0 Å². The van der Waals surface area contributed by atoms with Gasteiger partial charge in [0.15, 0.2) is 0 Å². The van der Waals surface area contributed by atoms with Gasteiger partial charge in [-0.3, -0.25) is 13.7 Å². The van der Waals surface area contributed by atoms with Crippen molar-refractivity contribution in [3.8, 4) is 0 Å². The van der Waals surface area contributed by atoms with Crippen LogP contribution in [-0.4, -0.2) is 60.8 Å². The number of ether oxygens (including phenoxy) is 1. The predicted molar refractivity (Wildman–Crippen MR) is 155 cm³/mol. The van der Waals surface area contributed by atoms with Crippen molar-refractivity contribution in [3.05, 3.63) is 108 Å². The number of carbonyl (C=O) groups excluding carboxylic acids is 1. The second kappa shape index (κ2) is 11.4. The zero-order chi connectivity index (χ0) is 27.3. The molecule has 2 aromatic carbocycles. The van der Waals surface area contributed by atoms with E-state index in [2.05, 4.69) is 10.2 Å². The lowest BCUT2D eigenvalue weighted by molar-refractivity contribution is -0.111. The summed E-state index contributed by atoms with van der Waals surface area (Å²) in [6.07, 6.45) is 12.1. The van der Waals surface area contributed by atoms with Crippen LogP contribution in [0.5, 0.6) is 0 Å². The number of amides is 1. The van der Waals surface area contributed by atoms with Crippen LogP contribution < -0.4 is 11.1 Å². The van der Waals surface area contributed by atoms with Crippen LogP contribution in [0.4, 0.5) is 11.4 Å². The zero-order valence-corrected chi connectivity index (χ0v) is 22.4. The molecule has 3 N–H and O–H groups in total. The molecule has 8 nitrogen and oxygen atoms in total. The van der Waals surface area contributed by atoms with Crippen molar-refractivity contribution in [1.29, 1.82) is 0 Å². The topological polar surface area (TPSA) is 107 Å². The fourth-order valence-corrected chi connectivity index (χ4v) is 6.62. The first-order chi connectivity index (χ1) is 18.9. The first-order valence-electron chi connectivity index (χ1n) is 12.9. The second-order valence-electron chi connectivity index (χ2n) is 9.71. The minimum absolute atomic E-state index is 0.345. The lowest BCUT2D eigenvalue weighted by atomic mass is 9.92. The Bertz CT molecular complexity index is 1520. The van der Waals surface area contributed by atoms with Crippen molar-refractivity contribution in [2.45, 2.75) is 11.2 Å². The minimum atomic E-state index is -3.85. The molecular formula is C30H32N4O4S. The van der Waals surface area contributed by atoms with Crippen molar-refractivity contribution >= 4 is 39.0 Å². The SMILES string of the molecule is Nc1ccccc1NC(=O)/C=C/c1ccn(S(=O)(=O)C2(CN3CCOCC3)C=CC(c3ccccc3)=CC2)c1. The van der Waals surface area contributed by atoms with Crippen LogP contribution in [-0.2, 0) is 19.6 Å². The van der Waals surface area contributed by atoms with E-state index in [1.54, 1.807) is 42.6 Å². The number of hydrogen-bond donors (Lipinski definition) is 2. The Hall–Kier alpha value is -3.92. The number of morpholine rings is 1. The molecule has 1 aliphatic heterocycles. The van der Waals surface area contributed by atoms with Gasteiger partial charge in [-0.1, -0.05) is 60.7 Å². The number of para-hydroxylation sites is 2. The highest BCUT2D eigenvalue weighted by atomic mass is 32.2. The number of nitrogens with two attached hydrogens (primary N) is 1. The van der Waals surface area contributed by atoms with Crippen molar-refractivity contribution in [3.63, 3.8) is 0 Å². The van der Waals surface area contributed by atoms with Crippen LogP contribution >= 0.6 is 0 Å². The summed E-state index contributed by atoms with van der Waals surface area (Å²) in [5.74, 6) is -0.360. The Labute approximate surface area is 229 Å². The largest absolute Gasteiger partial charge is 0.397 e. The van der Waals surface area contributed by atoms with Gasteiger partial charge in [-0.15, -0.1) is 0 Å². The van der Waals surface area contributed by atoms with E-state index >= 15 is 0 Å². The smallest absolute Gasteiger partial charge is 0.249 e. The van der Waals surface area contributed by atoms with Gasteiger partial charge in [0.1, 0.15) is 4.75 Å². The third-order valence-corrected chi connectivity index (χ3v) is 9.31. The Balaban J connectivity index is 1.38. The van der Waals surface area contributed by atoms with Crippen molar-refractivity contribution < 1.29 is 17.9 Å². The molecular weight excluding hydrogens is 512 g/mol. The van der Waals surface area contributed by atoms with Crippen molar-refractivity contribution in [1.82, 2.24) is 8.87 Å². The number of rotatable bonds is 8. The summed E-state index contributed by atoms with van der Waals surface area (Å²) in [6, 6.07) is 18.6. The molecule has 1 aliphatic carbocycles. The number of benzene rings is 2. The van der Waals surface area contributed by atoms with Crippen LogP contribution in [0.1, 0.15) is 17.5 Å². The number of aromatic nitrogens is 1. The van der Waals surface area contributed by atoms with E-state index < -0.39 is 14.8 Å². The van der Waals surface area contributed by atoms with E-state index in [-0.39, 0.29) is 5.91 Å². The number of hydrogen-bond acceptors (Lipinski definition) is 6. The standard InChI is InChI=1S/C30H32N4O4S/c31-27-8-4-5-9-28(27)32-29(35)11-10-24-14-17-34(22-24)39(36,37)30(23-33-18-20-38-21-19-33)15-12-26(13-16-30)25-6-2-1-3-7-25/h1-15,17,22H,16,18-21,23,31H2,(H,32,35)/b11-10+. The normalized spacial score (nSPS) is 20.2. The Morgan fingerprint density at radius 3 is 2.51 bits per heavy atom. The third-order valence-electron chi connectivity index (χ3n) is 7.06. The summed E-state index contributed by atoms with van der Waals surface area (Å²) in [4.78, 5) is 14.5. The molecule has 1 fully saturated rings. The highest BCUT2D eigenvalue weighted by molar-refractivity contribution is 7.91. The molecule has 1 unspecified atom stereocenters. The first-order valence-corrected chi connectivity index (χ1v) is 14.3. The molecule has 5 rings (SSSR count). The van der Waals surface area contributed by atoms with Crippen LogP contribution in [0.25, 0.3) is 11.6 Å². The van der Waals surface area contributed by atoms with Gasteiger partial charge in [-0.2, -0.15) is 0 Å². The summed E-state index contributed by atoms with van der Waals surface area (Å²) < 4.78 is 33.9. The molecule has 1 aromatic heterocycles. The molecule has 2 aliphatic rings. The Morgan fingerprint density at radius 2 is 1.79 bits per heavy atom. The van der Waals surface area contributed by atoms with Gasteiger partial charge < -0.3 is 15.8 Å². The summed E-state index contributed by atoms with van der Waals surface area (Å²) >= 11 is 0. The summed E-state index contributed by atoms with van der Waals surface area (Å²) in [5, 5.41) is 2.73. The van der Waals surface area contributed by atoms with Crippen molar-refractivity contribution in [2.75, 3.05) is 43.9 Å². The molecule has 0 bridgehead atoms. The monoisotopic (exact) mass is 544 g/mol. The molecule has 0 saturated carbocycles. The van der Waals surface area contributed by atoms with Gasteiger partial charge in [-0.25, -0.2) is 8.42 Å². The van der Waals surface area contributed by atoms with Gasteiger partial charge >= 0.3 is 0 Å². The van der Waals surface area contributed by atoms with E-state index in [0.29, 0.717) is 56.2 Å². The summed E-state index contributed by atoms with van der Waals surface area (Å²) in [5.41, 5.74) is 9.52. The number of carbonyl (C=O) groups is 1. The number of anilines is 2. The fraction of sp³-hybridized carbons (Fsp3) is 0.233. The first kappa shape index (κ1) is 26.7. The second-order valence-corrected chi connectivity index (χ2v) is 11.9. The molecule has 1 saturated heterocycles. The molecule has 3 aromatic rings. The van der Waals surface area contributed by atoms with E-state index in [0.717, 1.165) is 11.1 Å². The van der Waals surface area contributed by atoms with Crippen molar-refractivity contribution in [2.24, 2.45) is 0 Å². The van der Waals surface area contributed by atoms with Gasteiger partial charge in [-0.05, 0) is 47.4 Å². The van der Waals surface area contributed by atoms with Crippen LogP contribution in [0.15, 0.2) is 97.4 Å². The average molecular weight is 545 g/mol. The van der Waals surface area contributed by atoms with E-state index in [4.69, 9.17) is 10.5 Å². The molecule has 1 amide bonds. The Kier molecular flexibility index (Phi) is 7.83. The quantitative estimate of drug-likeness (QED) is 0.328. The fourth-order valence-electron chi connectivity index (χ4n) is 4.84. The van der Waals surface area contributed by atoms with Crippen LogP contribution in [0.2, 0.25) is 0 Å². The maximum Gasteiger partial charge on any atom is 0.249 e. The number of nitrogens with zero attached hydrogens (tertiary/aromatic N) is 2. The minimum Gasteiger partial charge on any atom is -0.397 e. The lowest BCUT2D eigenvalue weighted by Crippen LogP contribution is -2.52. The van der Waals surface area contributed by atoms with Crippen LogP contribution in [0.3, 0.4) is 0 Å². The molecule has 39 heavy (non-hydrogen) atoms. The average Bonchev–Trinajstić information content (AvgIpc) is 3.45. The van der Waals surface area contributed by atoms with Gasteiger partial charge in [0, 0.05) is 38.1 Å². The highest BCUT2D eigenvalue weighted by Crippen LogP contribution is 2.35. The lowest BCUT2D eigenvalue weighted by Gasteiger charge is -2.38. The van der Waals surface area contributed by atoms with Gasteiger partial charge in [0.2, 0.25) is 15.9 Å². The van der Waals surface area contributed by atoms with Gasteiger partial charge in [0.05, 0.1) is 24.6 Å². The maximum atomic E-state index is 14.2. The number of nitrogens with one attached hydrogen (secondary N) is 1.